The van der Waals surface area contributed by atoms with Crippen LogP contribution >= 0.6 is 0 Å². The summed E-state index contributed by atoms with van der Waals surface area (Å²) in [5.41, 5.74) is 8.20. The van der Waals surface area contributed by atoms with Gasteiger partial charge in [-0.3, -0.25) is 0 Å². The van der Waals surface area contributed by atoms with E-state index in [0.29, 0.717) is 17.9 Å². The van der Waals surface area contributed by atoms with E-state index >= 15 is 0 Å². The maximum Gasteiger partial charge on any atom is 0.0323 e. The molecule has 0 saturated heterocycles. The summed E-state index contributed by atoms with van der Waals surface area (Å²) in [6.07, 6.45) is 11.8. The molecular formula is C44H69N. The van der Waals surface area contributed by atoms with Crippen LogP contribution in [-0.4, -0.2) is 7.05 Å². The van der Waals surface area contributed by atoms with Crippen LogP contribution in [0.2, 0.25) is 0 Å². The first-order chi connectivity index (χ1) is 21.9. The first-order valence-electron chi connectivity index (χ1n) is 18.0. The number of aryl methyl sites for hydroxylation is 1. The highest BCUT2D eigenvalue weighted by molar-refractivity contribution is 5.47. The van der Waals surface area contributed by atoms with Crippen molar-refractivity contribution in [3.8, 4) is 0 Å². The summed E-state index contributed by atoms with van der Waals surface area (Å²) in [6, 6.07) is 28.6. The Morgan fingerprint density at radius 2 is 1.33 bits per heavy atom. The van der Waals surface area contributed by atoms with Crippen molar-refractivity contribution in [2.75, 3.05) is 7.05 Å². The Bertz CT molecular complexity index is 1120. The maximum absolute atomic E-state index is 4.52. The molecule has 0 aromatic heterocycles. The van der Waals surface area contributed by atoms with Gasteiger partial charge < -0.3 is 5.32 Å². The largest absolute Gasteiger partial charge is 0.313 e. The number of nitrogens with one attached hydrogen (secondary N) is 1. The van der Waals surface area contributed by atoms with Gasteiger partial charge in [0.25, 0.3) is 0 Å². The number of benzene rings is 3. The topological polar surface area (TPSA) is 12.0 Å². The summed E-state index contributed by atoms with van der Waals surface area (Å²) in [4.78, 5) is 0. The Balaban J connectivity index is 0.000000904. The molecule has 0 amide bonds. The van der Waals surface area contributed by atoms with Crippen molar-refractivity contribution in [1.82, 2.24) is 5.32 Å². The van der Waals surface area contributed by atoms with E-state index < -0.39 is 0 Å². The molecule has 1 nitrogen and oxygen atoms in total. The summed E-state index contributed by atoms with van der Waals surface area (Å²) >= 11 is 0. The third-order valence-electron chi connectivity index (χ3n) is 8.65. The fourth-order valence-corrected chi connectivity index (χ4v) is 5.95. The van der Waals surface area contributed by atoms with E-state index in [1.54, 1.807) is 0 Å². The second-order valence-corrected chi connectivity index (χ2v) is 11.8. The Kier molecular flexibility index (Phi) is 24.6. The minimum absolute atomic E-state index is 0.339. The molecule has 0 saturated carbocycles. The Morgan fingerprint density at radius 3 is 1.82 bits per heavy atom. The molecule has 0 radical (unpaired) electrons. The molecule has 1 heteroatoms. The van der Waals surface area contributed by atoms with E-state index in [4.69, 9.17) is 0 Å². The molecule has 3 aromatic rings. The standard InChI is InChI=1S/C26H35N.C14H22.2C2H6/c1-7-22-13-15-24(16-14-22)26(27-6)17-20(4)21(5)23(8-2)18-25-12-10-9-11-19(25)3;1-3-8-13(9-4-2)12-14-10-6-5-7-11-14;2*1-2/h7,9-16,20,23,26-27H,1,5,8,17-18H2,2-4,6H3;5-7,10-11,13H,3-4,8-9,12H2,1-2H3;2*1-2H3. The predicted molar refractivity (Wildman–Crippen MR) is 206 cm³/mol. The molecule has 250 valence electrons. The molecule has 45 heavy (non-hydrogen) atoms. The van der Waals surface area contributed by atoms with Crippen molar-refractivity contribution >= 4 is 6.08 Å². The van der Waals surface area contributed by atoms with E-state index in [1.807, 2.05) is 40.8 Å². The van der Waals surface area contributed by atoms with Crippen LogP contribution in [-0.2, 0) is 12.8 Å². The lowest BCUT2D eigenvalue weighted by Gasteiger charge is -2.27. The van der Waals surface area contributed by atoms with Crippen LogP contribution < -0.4 is 5.32 Å². The van der Waals surface area contributed by atoms with Crippen molar-refractivity contribution in [2.45, 2.75) is 120 Å². The zero-order valence-corrected chi connectivity index (χ0v) is 31.0. The van der Waals surface area contributed by atoms with Crippen molar-refractivity contribution in [3.63, 3.8) is 0 Å². The number of hydrogen-bond acceptors (Lipinski definition) is 1. The molecule has 3 rings (SSSR count). The average molecular weight is 612 g/mol. The molecule has 3 unspecified atom stereocenters. The first-order valence-corrected chi connectivity index (χ1v) is 18.0. The van der Waals surface area contributed by atoms with Crippen LogP contribution in [0.25, 0.3) is 6.08 Å². The molecule has 0 aliphatic carbocycles. The average Bonchev–Trinajstić information content (AvgIpc) is 3.09. The van der Waals surface area contributed by atoms with Gasteiger partial charge in [-0.1, -0.05) is 185 Å². The highest BCUT2D eigenvalue weighted by Gasteiger charge is 2.21. The zero-order chi connectivity index (χ0) is 34.0. The number of rotatable bonds is 16. The first kappa shape index (κ1) is 42.1. The smallest absolute Gasteiger partial charge is 0.0323 e. The van der Waals surface area contributed by atoms with Gasteiger partial charge in [-0.05, 0) is 85.2 Å². The van der Waals surface area contributed by atoms with Gasteiger partial charge in [0.2, 0.25) is 0 Å². The monoisotopic (exact) mass is 612 g/mol. The highest BCUT2D eigenvalue weighted by atomic mass is 14.9. The van der Waals surface area contributed by atoms with Crippen molar-refractivity contribution in [2.24, 2.45) is 17.8 Å². The van der Waals surface area contributed by atoms with Gasteiger partial charge in [0.15, 0.2) is 0 Å². The molecule has 0 bridgehead atoms. The Hall–Kier alpha value is -2.90. The Labute approximate surface area is 280 Å². The third kappa shape index (κ3) is 16.3. The quantitative estimate of drug-likeness (QED) is 0.159. The lowest BCUT2D eigenvalue weighted by molar-refractivity contribution is 0.427. The van der Waals surface area contributed by atoms with E-state index in [2.05, 4.69) is 132 Å². The molecule has 1 N–H and O–H groups in total. The highest BCUT2D eigenvalue weighted by Crippen LogP contribution is 2.32. The van der Waals surface area contributed by atoms with Gasteiger partial charge in [-0.2, -0.15) is 0 Å². The van der Waals surface area contributed by atoms with Crippen LogP contribution in [0.1, 0.15) is 128 Å². The van der Waals surface area contributed by atoms with Crippen LogP contribution in [0.3, 0.4) is 0 Å². The molecule has 0 aliphatic rings. The number of allylic oxidation sites excluding steroid dienone is 1. The van der Waals surface area contributed by atoms with Crippen molar-refractivity contribution < 1.29 is 0 Å². The van der Waals surface area contributed by atoms with E-state index in [0.717, 1.165) is 30.7 Å². The lowest BCUT2D eigenvalue weighted by Crippen LogP contribution is -2.22. The van der Waals surface area contributed by atoms with E-state index in [9.17, 15) is 0 Å². The maximum atomic E-state index is 4.52. The van der Waals surface area contributed by atoms with Crippen LogP contribution in [0.4, 0.5) is 0 Å². The molecule has 3 aromatic carbocycles. The normalized spacial score (nSPS) is 12.2. The molecule has 0 aliphatic heterocycles. The number of hydrogen-bond donors (Lipinski definition) is 1. The fourth-order valence-electron chi connectivity index (χ4n) is 5.95. The fraction of sp³-hybridized carbons (Fsp3) is 0.500. The van der Waals surface area contributed by atoms with Gasteiger partial charge in [-0.15, -0.1) is 0 Å². The van der Waals surface area contributed by atoms with Gasteiger partial charge in [0, 0.05) is 6.04 Å². The summed E-state index contributed by atoms with van der Waals surface area (Å²) in [5.74, 6) is 1.89. The lowest BCUT2D eigenvalue weighted by atomic mass is 9.80. The van der Waals surface area contributed by atoms with Crippen LogP contribution in [0, 0.1) is 24.7 Å². The van der Waals surface area contributed by atoms with Crippen LogP contribution in [0.15, 0.2) is 97.6 Å². The minimum Gasteiger partial charge on any atom is -0.313 e. The molecular weight excluding hydrogens is 542 g/mol. The SMILES string of the molecule is C=Cc1ccc(C(CC(C)C(=C)C(CC)Cc2ccccc2C)NC)cc1.CC.CC.CCCC(CCC)Cc1ccccc1. The van der Waals surface area contributed by atoms with E-state index in [-0.39, 0.29) is 0 Å². The van der Waals surface area contributed by atoms with E-state index in [1.165, 1.54) is 59.9 Å². The van der Waals surface area contributed by atoms with Gasteiger partial charge in [0.05, 0.1) is 0 Å². The molecule has 0 fully saturated rings. The second kappa shape index (κ2) is 26.3. The second-order valence-electron chi connectivity index (χ2n) is 11.8. The van der Waals surface area contributed by atoms with Crippen LogP contribution in [0.5, 0.6) is 0 Å². The van der Waals surface area contributed by atoms with Gasteiger partial charge in [-0.25, -0.2) is 0 Å². The summed E-state index contributed by atoms with van der Waals surface area (Å²) in [6.45, 7) is 27.7. The van der Waals surface area contributed by atoms with Gasteiger partial charge in [0.1, 0.15) is 0 Å². The molecule has 3 atom stereocenters. The summed E-state index contributed by atoms with van der Waals surface area (Å²) in [7, 11) is 2.05. The predicted octanol–water partition coefficient (Wildman–Crippen LogP) is 13.2. The zero-order valence-electron chi connectivity index (χ0n) is 31.0. The summed E-state index contributed by atoms with van der Waals surface area (Å²) in [5, 5.41) is 3.49. The minimum atomic E-state index is 0.339. The molecule has 0 heterocycles. The summed E-state index contributed by atoms with van der Waals surface area (Å²) < 4.78 is 0. The van der Waals surface area contributed by atoms with Crippen molar-refractivity contribution in [1.29, 1.82) is 0 Å². The van der Waals surface area contributed by atoms with Gasteiger partial charge >= 0.3 is 0 Å². The Morgan fingerprint density at radius 1 is 0.778 bits per heavy atom. The molecule has 0 spiro atoms. The van der Waals surface area contributed by atoms with Crippen molar-refractivity contribution in [3.05, 3.63) is 125 Å². The third-order valence-corrected chi connectivity index (χ3v) is 8.65.